The van der Waals surface area contributed by atoms with Crippen LogP contribution in [0.3, 0.4) is 0 Å². The van der Waals surface area contributed by atoms with Gasteiger partial charge in [0.1, 0.15) is 5.41 Å². The quantitative estimate of drug-likeness (QED) is 0.674. The molecule has 1 N–H and O–H groups in total. The highest BCUT2D eigenvalue weighted by molar-refractivity contribution is 6.06. The maximum absolute atomic E-state index is 13.1. The Balaban J connectivity index is 5.97. The van der Waals surface area contributed by atoms with Gasteiger partial charge in [0, 0.05) is 5.41 Å². The van der Waals surface area contributed by atoms with Crippen LogP contribution in [0.1, 0.15) is 67.7 Å². The molecule has 0 radical (unpaired) electrons. The van der Waals surface area contributed by atoms with E-state index in [9.17, 15) is 14.7 Å². The Morgan fingerprint density at radius 1 is 0.895 bits per heavy atom. The van der Waals surface area contributed by atoms with E-state index >= 15 is 0 Å². The highest BCUT2D eigenvalue weighted by Crippen LogP contribution is 2.47. The third-order valence-corrected chi connectivity index (χ3v) is 5.12. The van der Waals surface area contributed by atoms with Crippen LogP contribution in [0.5, 0.6) is 0 Å². The molecule has 19 heavy (non-hydrogen) atoms. The molecule has 0 aromatic heterocycles. The number of aliphatic carboxylic acids is 1. The third-order valence-electron chi connectivity index (χ3n) is 5.12. The minimum absolute atomic E-state index is 0.0787. The summed E-state index contributed by atoms with van der Waals surface area (Å²) in [6.45, 7) is 13.7. The molecule has 0 bridgehead atoms. The topological polar surface area (TPSA) is 54.4 Å². The zero-order chi connectivity index (χ0) is 15.4. The first-order valence-electron chi connectivity index (χ1n) is 7.45. The minimum Gasteiger partial charge on any atom is -0.480 e. The van der Waals surface area contributed by atoms with Crippen molar-refractivity contribution in [2.45, 2.75) is 67.7 Å². The Labute approximate surface area is 117 Å². The van der Waals surface area contributed by atoms with Crippen LogP contribution in [0, 0.1) is 22.7 Å². The number of hydrogen-bond acceptors (Lipinski definition) is 2. The molecular weight excluding hydrogens is 240 g/mol. The van der Waals surface area contributed by atoms with Crippen LogP contribution in [0.2, 0.25) is 0 Å². The van der Waals surface area contributed by atoms with E-state index in [1.54, 1.807) is 13.8 Å². The van der Waals surface area contributed by atoms with E-state index in [0.29, 0.717) is 19.3 Å². The van der Waals surface area contributed by atoms with Crippen molar-refractivity contribution in [3.63, 3.8) is 0 Å². The second-order valence-electron chi connectivity index (χ2n) is 6.13. The minimum atomic E-state index is -1.23. The van der Waals surface area contributed by atoms with Gasteiger partial charge in [0.15, 0.2) is 5.78 Å². The standard InChI is InChI=1S/C16H30O3/c1-8-15(9-2,14(18)19)13(17)16(10-3,11(4)5)12(6)7/h11-12H,8-10H2,1-7H3,(H,18,19). The molecule has 0 aromatic rings. The Morgan fingerprint density at radius 2 is 1.26 bits per heavy atom. The van der Waals surface area contributed by atoms with E-state index in [1.165, 1.54) is 0 Å². The fraction of sp³-hybridized carbons (Fsp3) is 0.875. The van der Waals surface area contributed by atoms with Crippen LogP contribution in [-0.4, -0.2) is 16.9 Å². The summed E-state index contributed by atoms with van der Waals surface area (Å²) in [6.07, 6.45) is 1.41. The summed E-state index contributed by atoms with van der Waals surface area (Å²) >= 11 is 0. The average molecular weight is 270 g/mol. The van der Waals surface area contributed by atoms with Crippen LogP contribution in [0.25, 0.3) is 0 Å². The van der Waals surface area contributed by atoms with Gasteiger partial charge in [0.2, 0.25) is 0 Å². The van der Waals surface area contributed by atoms with Crippen molar-refractivity contribution in [2.24, 2.45) is 22.7 Å². The first-order chi connectivity index (χ1) is 8.67. The molecule has 0 saturated heterocycles. The van der Waals surface area contributed by atoms with Crippen molar-refractivity contribution in [3.05, 3.63) is 0 Å². The van der Waals surface area contributed by atoms with Gasteiger partial charge in [-0.05, 0) is 31.1 Å². The average Bonchev–Trinajstić information content (AvgIpc) is 2.31. The summed E-state index contributed by atoms with van der Waals surface area (Å²) < 4.78 is 0. The molecule has 0 saturated carbocycles. The molecule has 0 aromatic carbocycles. The largest absolute Gasteiger partial charge is 0.480 e. The van der Waals surface area contributed by atoms with Crippen molar-refractivity contribution in [1.29, 1.82) is 0 Å². The van der Waals surface area contributed by atoms with E-state index in [1.807, 2.05) is 34.6 Å². The molecule has 0 spiro atoms. The van der Waals surface area contributed by atoms with Gasteiger partial charge in [0.05, 0.1) is 0 Å². The maximum atomic E-state index is 13.1. The maximum Gasteiger partial charge on any atom is 0.317 e. The Morgan fingerprint density at radius 3 is 1.42 bits per heavy atom. The number of rotatable bonds is 8. The number of carboxylic acid groups (broad SMARTS) is 1. The lowest BCUT2D eigenvalue weighted by molar-refractivity contribution is -0.163. The molecule has 0 atom stereocenters. The van der Waals surface area contributed by atoms with Gasteiger partial charge in [-0.15, -0.1) is 0 Å². The molecule has 3 nitrogen and oxygen atoms in total. The van der Waals surface area contributed by atoms with Crippen LogP contribution in [-0.2, 0) is 9.59 Å². The first-order valence-corrected chi connectivity index (χ1v) is 7.45. The molecule has 0 heterocycles. The van der Waals surface area contributed by atoms with Crippen LogP contribution >= 0.6 is 0 Å². The van der Waals surface area contributed by atoms with E-state index in [4.69, 9.17) is 0 Å². The summed E-state index contributed by atoms with van der Waals surface area (Å²) in [4.78, 5) is 24.8. The molecule has 0 aliphatic rings. The molecule has 0 aliphatic heterocycles. The number of hydrogen-bond donors (Lipinski definition) is 1. The van der Waals surface area contributed by atoms with E-state index in [0.717, 1.165) is 0 Å². The third kappa shape index (κ3) is 2.70. The van der Waals surface area contributed by atoms with Gasteiger partial charge in [-0.3, -0.25) is 9.59 Å². The fourth-order valence-electron chi connectivity index (χ4n) is 3.58. The van der Waals surface area contributed by atoms with Gasteiger partial charge in [0.25, 0.3) is 0 Å². The zero-order valence-corrected chi connectivity index (χ0v) is 13.5. The molecule has 0 aliphatic carbocycles. The van der Waals surface area contributed by atoms with Crippen molar-refractivity contribution in [2.75, 3.05) is 0 Å². The first kappa shape index (κ1) is 18.1. The Hall–Kier alpha value is -0.860. The molecule has 3 heteroatoms. The second-order valence-corrected chi connectivity index (χ2v) is 6.13. The van der Waals surface area contributed by atoms with Crippen molar-refractivity contribution < 1.29 is 14.7 Å². The van der Waals surface area contributed by atoms with Gasteiger partial charge >= 0.3 is 5.97 Å². The normalized spacial score (nSPS) is 13.1. The Kier molecular flexibility index (Phi) is 6.24. The van der Waals surface area contributed by atoms with Crippen LogP contribution in [0.15, 0.2) is 0 Å². The van der Waals surface area contributed by atoms with Crippen molar-refractivity contribution >= 4 is 11.8 Å². The van der Waals surface area contributed by atoms with Crippen molar-refractivity contribution in [1.82, 2.24) is 0 Å². The number of carbonyl (C=O) groups is 2. The molecule has 0 amide bonds. The SMILES string of the molecule is CCC(CC)(C(=O)O)C(=O)C(CC)(C(C)C)C(C)C. The van der Waals surface area contributed by atoms with E-state index in [2.05, 4.69) is 0 Å². The van der Waals surface area contributed by atoms with Crippen LogP contribution < -0.4 is 0 Å². The number of carbonyl (C=O) groups excluding carboxylic acids is 1. The smallest absolute Gasteiger partial charge is 0.317 e. The predicted molar refractivity (Wildman–Crippen MR) is 78.1 cm³/mol. The van der Waals surface area contributed by atoms with Gasteiger partial charge in [-0.1, -0.05) is 48.5 Å². The van der Waals surface area contributed by atoms with E-state index in [-0.39, 0.29) is 17.6 Å². The monoisotopic (exact) mass is 270 g/mol. The zero-order valence-electron chi connectivity index (χ0n) is 13.5. The summed E-state index contributed by atoms with van der Waals surface area (Å²) in [5, 5.41) is 9.60. The van der Waals surface area contributed by atoms with Gasteiger partial charge in [-0.2, -0.15) is 0 Å². The number of carboxylic acids is 1. The fourth-order valence-corrected chi connectivity index (χ4v) is 3.58. The van der Waals surface area contributed by atoms with E-state index < -0.39 is 16.8 Å². The lowest BCUT2D eigenvalue weighted by atomic mass is 9.57. The lowest BCUT2D eigenvalue weighted by Gasteiger charge is -2.44. The highest BCUT2D eigenvalue weighted by Gasteiger charge is 2.54. The lowest BCUT2D eigenvalue weighted by Crippen LogP contribution is -2.52. The summed E-state index contributed by atoms with van der Waals surface area (Å²) in [5.41, 5.74) is -1.78. The highest BCUT2D eigenvalue weighted by atomic mass is 16.4. The van der Waals surface area contributed by atoms with Crippen molar-refractivity contribution in [3.8, 4) is 0 Å². The molecule has 112 valence electrons. The molecular formula is C16H30O3. The second kappa shape index (κ2) is 6.53. The Bertz CT molecular complexity index is 317. The number of ketones is 1. The summed E-state index contributed by atoms with van der Waals surface area (Å²) in [6, 6.07) is 0. The molecule has 0 fully saturated rings. The van der Waals surface area contributed by atoms with Gasteiger partial charge < -0.3 is 5.11 Å². The molecule has 0 unspecified atom stereocenters. The predicted octanol–water partition coefficient (Wildman–Crippen LogP) is 4.15. The number of Topliss-reactive ketones (excluding diaryl/α,β-unsaturated/α-hetero) is 1. The summed E-state index contributed by atoms with van der Waals surface area (Å²) in [7, 11) is 0. The molecule has 0 rings (SSSR count). The van der Waals surface area contributed by atoms with Crippen LogP contribution in [0.4, 0.5) is 0 Å². The summed E-state index contributed by atoms with van der Waals surface area (Å²) in [5.74, 6) is -0.768. The van der Waals surface area contributed by atoms with Gasteiger partial charge in [-0.25, -0.2) is 0 Å².